The molecule has 0 unspecified atom stereocenters. The van der Waals surface area contributed by atoms with E-state index >= 15 is 0 Å². The van der Waals surface area contributed by atoms with E-state index in [0.29, 0.717) is 16.3 Å². The van der Waals surface area contributed by atoms with Crippen molar-refractivity contribution in [2.45, 2.75) is 25.9 Å². The van der Waals surface area contributed by atoms with Gasteiger partial charge in [-0.3, -0.25) is 0 Å². The Morgan fingerprint density at radius 2 is 2.20 bits per heavy atom. The molecule has 1 aliphatic rings. The molecule has 0 saturated carbocycles. The molecule has 3 aromatic heterocycles. The first-order valence-corrected chi connectivity index (χ1v) is 8.39. The molecule has 25 heavy (non-hydrogen) atoms. The zero-order valence-electron chi connectivity index (χ0n) is 13.8. The highest BCUT2D eigenvalue weighted by atomic mass is 19.3. The van der Waals surface area contributed by atoms with Crippen LogP contribution in [0.25, 0.3) is 22.3 Å². The molecule has 2 atom stereocenters. The quantitative estimate of drug-likeness (QED) is 0.678. The van der Waals surface area contributed by atoms with E-state index in [2.05, 4.69) is 32.6 Å². The molecule has 0 radical (unpaired) electrons. The predicted octanol–water partition coefficient (Wildman–Crippen LogP) is 3.23. The number of nitrogens with zero attached hydrogens (tertiary/aromatic N) is 3. The molecule has 8 heteroatoms. The lowest BCUT2D eigenvalue weighted by Crippen LogP contribution is -2.42. The summed E-state index contributed by atoms with van der Waals surface area (Å²) in [5.74, 6) is 0.580. The minimum atomic E-state index is -2.66. The molecular weight excluding hydrogens is 326 g/mol. The molecule has 3 aromatic rings. The first-order valence-electron chi connectivity index (χ1n) is 8.39. The molecule has 3 N–H and O–H groups in total. The van der Waals surface area contributed by atoms with Crippen molar-refractivity contribution in [3.63, 3.8) is 0 Å². The second kappa shape index (κ2) is 6.44. The van der Waals surface area contributed by atoms with Gasteiger partial charge in [0, 0.05) is 42.1 Å². The molecule has 0 bridgehead atoms. The number of hydrogen-bond donors (Lipinski definition) is 3. The van der Waals surface area contributed by atoms with Crippen LogP contribution < -0.4 is 10.6 Å². The molecule has 0 aliphatic carbocycles. The van der Waals surface area contributed by atoms with Crippen molar-refractivity contribution >= 4 is 16.7 Å². The van der Waals surface area contributed by atoms with E-state index in [1.54, 1.807) is 12.3 Å². The first-order chi connectivity index (χ1) is 12.1. The molecule has 0 aromatic carbocycles. The van der Waals surface area contributed by atoms with Crippen molar-refractivity contribution in [1.29, 1.82) is 0 Å². The number of anilines is 1. The zero-order valence-corrected chi connectivity index (χ0v) is 13.8. The van der Waals surface area contributed by atoms with Crippen LogP contribution in [0.4, 0.5) is 14.5 Å². The van der Waals surface area contributed by atoms with E-state index in [4.69, 9.17) is 0 Å². The van der Waals surface area contributed by atoms with Gasteiger partial charge in [0.1, 0.15) is 5.65 Å². The van der Waals surface area contributed by atoms with Gasteiger partial charge in [0.15, 0.2) is 0 Å². The highest BCUT2D eigenvalue weighted by Crippen LogP contribution is 2.34. The number of pyridine rings is 1. The van der Waals surface area contributed by atoms with Crippen LogP contribution in [0.15, 0.2) is 30.7 Å². The van der Waals surface area contributed by atoms with E-state index in [1.165, 1.54) is 6.20 Å². The summed E-state index contributed by atoms with van der Waals surface area (Å²) in [7, 11) is 0. The zero-order chi connectivity index (χ0) is 17.4. The molecule has 1 aliphatic heterocycles. The lowest BCUT2D eigenvalue weighted by atomic mass is 9.97. The molecule has 4 rings (SSSR count). The number of nitrogens with one attached hydrogen (secondary N) is 3. The number of aromatic nitrogens is 4. The normalized spacial score (nSPS) is 21.1. The lowest BCUT2D eigenvalue weighted by molar-refractivity contribution is 0.0568. The van der Waals surface area contributed by atoms with Crippen LogP contribution in [-0.4, -0.2) is 38.9 Å². The van der Waals surface area contributed by atoms with Crippen LogP contribution in [0.1, 0.15) is 19.9 Å². The average Bonchev–Trinajstić information content (AvgIpc) is 3.24. The molecule has 132 valence electrons. The Labute approximate surface area is 143 Å². The van der Waals surface area contributed by atoms with E-state index in [9.17, 15) is 8.78 Å². The Morgan fingerprint density at radius 1 is 1.32 bits per heavy atom. The molecule has 1 fully saturated rings. The fourth-order valence-corrected chi connectivity index (χ4v) is 3.42. The highest BCUT2D eigenvalue weighted by Gasteiger charge is 2.22. The Kier molecular flexibility index (Phi) is 4.12. The fourth-order valence-electron chi connectivity index (χ4n) is 3.42. The summed E-state index contributed by atoms with van der Waals surface area (Å²) in [6.45, 7) is 1.44. The second-order valence-corrected chi connectivity index (χ2v) is 6.59. The van der Waals surface area contributed by atoms with Crippen molar-refractivity contribution in [2.75, 3.05) is 18.4 Å². The third-order valence-corrected chi connectivity index (χ3v) is 4.59. The van der Waals surface area contributed by atoms with Crippen molar-refractivity contribution < 1.29 is 8.78 Å². The number of alkyl halides is 2. The Balaban J connectivity index is 1.75. The van der Waals surface area contributed by atoms with Gasteiger partial charge in [-0.15, -0.1) is 0 Å². The van der Waals surface area contributed by atoms with Crippen LogP contribution in [-0.2, 0) is 0 Å². The van der Waals surface area contributed by atoms with E-state index < -0.39 is 6.55 Å². The molecule has 4 heterocycles. The SMILES string of the molecule is C[C@@H]1CNC[C@H](Nc2c(-c3ccn(C(F)F)n3)cnc3[nH]ccc23)C1. The summed E-state index contributed by atoms with van der Waals surface area (Å²) in [5.41, 5.74) is 2.85. The molecular formula is C17H20F2N6. The van der Waals surface area contributed by atoms with Gasteiger partial charge in [-0.05, 0) is 31.0 Å². The maximum absolute atomic E-state index is 12.9. The molecule has 6 nitrogen and oxygen atoms in total. The number of rotatable bonds is 4. The number of halogens is 2. The summed E-state index contributed by atoms with van der Waals surface area (Å²) < 4.78 is 26.4. The Hall–Kier alpha value is -2.48. The summed E-state index contributed by atoms with van der Waals surface area (Å²) >= 11 is 0. The predicted molar refractivity (Wildman–Crippen MR) is 92.6 cm³/mol. The number of hydrogen-bond acceptors (Lipinski definition) is 4. The number of piperidine rings is 1. The number of aromatic amines is 1. The number of fused-ring (bicyclic) bond motifs is 1. The van der Waals surface area contributed by atoms with Crippen LogP contribution in [0.3, 0.4) is 0 Å². The summed E-state index contributed by atoms with van der Waals surface area (Å²) in [5, 5.41) is 11.9. The van der Waals surface area contributed by atoms with Crippen molar-refractivity contribution in [1.82, 2.24) is 25.1 Å². The van der Waals surface area contributed by atoms with Gasteiger partial charge in [0.05, 0.1) is 11.4 Å². The summed E-state index contributed by atoms with van der Waals surface area (Å²) in [4.78, 5) is 7.49. The van der Waals surface area contributed by atoms with Crippen LogP contribution in [0.2, 0.25) is 0 Å². The Bertz CT molecular complexity index is 871. The van der Waals surface area contributed by atoms with E-state index in [1.807, 2.05) is 12.3 Å². The van der Waals surface area contributed by atoms with Gasteiger partial charge in [-0.2, -0.15) is 13.9 Å². The maximum atomic E-state index is 12.9. The highest BCUT2D eigenvalue weighted by molar-refractivity contribution is 5.97. The van der Waals surface area contributed by atoms with E-state index in [-0.39, 0.29) is 6.04 Å². The van der Waals surface area contributed by atoms with Gasteiger partial charge in [0.2, 0.25) is 0 Å². The lowest BCUT2D eigenvalue weighted by Gasteiger charge is -2.30. The van der Waals surface area contributed by atoms with E-state index in [0.717, 1.165) is 41.8 Å². The van der Waals surface area contributed by atoms with Gasteiger partial charge in [0.25, 0.3) is 0 Å². The van der Waals surface area contributed by atoms with Crippen molar-refractivity contribution in [2.24, 2.45) is 5.92 Å². The van der Waals surface area contributed by atoms with Gasteiger partial charge < -0.3 is 15.6 Å². The smallest absolute Gasteiger partial charge is 0.333 e. The van der Waals surface area contributed by atoms with Gasteiger partial charge in [-0.1, -0.05) is 6.92 Å². The second-order valence-electron chi connectivity index (χ2n) is 6.59. The largest absolute Gasteiger partial charge is 0.380 e. The monoisotopic (exact) mass is 346 g/mol. The molecule has 0 spiro atoms. The fraction of sp³-hybridized carbons (Fsp3) is 0.412. The van der Waals surface area contributed by atoms with Gasteiger partial charge in [-0.25, -0.2) is 9.67 Å². The third-order valence-electron chi connectivity index (χ3n) is 4.59. The molecule has 0 amide bonds. The number of H-pyrrole nitrogens is 1. The van der Waals surface area contributed by atoms with Crippen LogP contribution in [0, 0.1) is 5.92 Å². The standard InChI is InChI=1S/C17H20F2N6/c1-10-6-11(8-20-7-10)23-15-12-2-4-21-16(12)22-9-13(15)14-3-5-25(24-14)17(18)19/h2-5,9-11,17,20H,6-8H2,1H3,(H2,21,22,23)/t10-,11+/m0/s1. The minimum Gasteiger partial charge on any atom is -0.380 e. The van der Waals surface area contributed by atoms with Crippen LogP contribution in [0.5, 0.6) is 0 Å². The summed E-state index contributed by atoms with van der Waals surface area (Å²) in [6.07, 6.45) is 5.84. The maximum Gasteiger partial charge on any atom is 0.333 e. The van der Waals surface area contributed by atoms with Gasteiger partial charge >= 0.3 is 6.55 Å². The average molecular weight is 346 g/mol. The third kappa shape index (κ3) is 3.09. The van der Waals surface area contributed by atoms with Crippen LogP contribution >= 0.6 is 0 Å². The topological polar surface area (TPSA) is 70.6 Å². The minimum absolute atomic E-state index is 0.264. The molecule has 1 saturated heterocycles. The summed E-state index contributed by atoms with van der Waals surface area (Å²) in [6, 6.07) is 3.80. The van der Waals surface area contributed by atoms with Crippen molar-refractivity contribution in [3.8, 4) is 11.3 Å². The van der Waals surface area contributed by atoms with Crippen molar-refractivity contribution in [3.05, 3.63) is 30.7 Å². The first kappa shape index (κ1) is 16.0. The Morgan fingerprint density at radius 3 is 2.96 bits per heavy atom.